The molecule has 3 nitrogen and oxygen atoms in total. The van der Waals surface area contributed by atoms with Gasteiger partial charge in [-0.15, -0.1) is 0 Å². The van der Waals surface area contributed by atoms with Crippen molar-refractivity contribution in [1.29, 1.82) is 0 Å². The first-order valence-corrected chi connectivity index (χ1v) is 7.11. The summed E-state index contributed by atoms with van der Waals surface area (Å²) in [6.45, 7) is 0. The Morgan fingerprint density at radius 1 is 1.26 bits per heavy atom. The topological polar surface area (TPSA) is 41.1 Å². The van der Waals surface area contributed by atoms with E-state index in [2.05, 4.69) is 5.32 Å². The highest BCUT2D eigenvalue weighted by Gasteiger charge is 2.44. The van der Waals surface area contributed by atoms with Gasteiger partial charge in [-0.1, -0.05) is 18.2 Å². The van der Waals surface area contributed by atoms with Crippen LogP contribution in [0.1, 0.15) is 36.4 Å². The third kappa shape index (κ3) is 4.19. The van der Waals surface area contributed by atoms with Crippen LogP contribution in [-0.2, 0) is 11.0 Å². The van der Waals surface area contributed by atoms with Gasteiger partial charge in [0.15, 0.2) is 0 Å². The van der Waals surface area contributed by atoms with Crippen LogP contribution in [0.15, 0.2) is 24.3 Å². The van der Waals surface area contributed by atoms with E-state index in [0.717, 1.165) is 31.0 Å². The van der Waals surface area contributed by atoms with Gasteiger partial charge in [-0.2, -0.15) is 13.2 Å². The molecule has 1 atom stereocenters. The minimum absolute atomic E-state index is 0.0408. The molecule has 1 aromatic carbocycles. The molecule has 128 valence electrons. The van der Waals surface area contributed by atoms with Crippen LogP contribution in [0, 0.1) is 0 Å². The van der Waals surface area contributed by atoms with E-state index in [1.165, 1.54) is 6.07 Å². The molecule has 0 aromatic heterocycles. The molecule has 1 aliphatic carbocycles. The summed E-state index contributed by atoms with van der Waals surface area (Å²) in [7, 11) is 1.66. The van der Waals surface area contributed by atoms with E-state index in [9.17, 15) is 26.7 Å². The number of alkyl halides is 5. The largest absolute Gasteiger partial charge is 0.416 e. The smallest absolute Gasteiger partial charge is 0.343 e. The third-order valence-electron chi connectivity index (χ3n) is 4.05. The Kier molecular flexibility index (Phi) is 4.93. The van der Waals surface area contributed by atoms with Gasteiger partial charge in [0.2, 0.25) is 5.91 Å². The molecule has 0 heterocycles. The number of carbonyl (C=O) groups is 1. The average molecular weight is 336 g/mol. The fraction of sp³-hybridized carbons (Fsp3) is 0.533. The lowest BCUT2D eigenvalue weighted by atomic mass is 9.99. The molecular formula is C15H17F5N2O. The van der Waals surface area contributed by atoms with Gasteiger partial charge < -0.3 is 10.6 Å². The van der Waals surface area contributed by atoms with Crippen LogP contribution in [0.3, 0.4) is 0 Å². The van der Waals surface area contributed by atoms with Crippen LogP contribution in [0.5, 0.6) is 0 Å². The van der Waals surface area contributed by atoms with Crippen molar-refractivity contribution in [3.05, 3.63) is 35.4 Å². The van der Waals surface area contributed by atoms with Gasteiger partial charge in [-0.05, 0) is 31.5 Å². The van der Waals surface area contributed by atoms with E-state index in [4.69, 9.17) is 0 Å². The van der Waals surface area contributed by atoms with Crippen LogP contribution in [0.4, 0.5) is 22.0 Å². The Morgan fingerprint density at radius 3 is 2.35 bits per heavy atom. The first kappa shape index (κ1) is 17.7. The van der Waals surface area contributed by atoms with Crippen molar-refractivity contribution >= 4 is 5.91 Å². The average Bonchev–Trinajstić information content (AvgIpc) is 3.24. The Hall–Kier alpha value is -1.70. The summed E-state index contributed by atoms with van der Waals surface area (Å²) >= 11 is 0. The van der Waals surface area contributed by atoms with Crippen LogP contribution in [0.25, 0.3) is 0 Å². The van der Waals surface area contributed by atoms with Crippen molar-refractivity contribution in [3.63, 3.8) is 0 Å². The maximum absolute atomic E-state index is 13.2. The van der Waals surface area contributed by atoms with Gasteiger partial charge in [-0.3, -0.25) is 4.79 Å². The van der Waals surface area contributed by atoms with Crippen LogP contribution >= 0.6 is 0 Å². The van der Waals surface area contributed by atoms with E-state index < -0.39 is 41.2 Å². The number of rotatable bonds is 6. The summed E-state index contributed by atoms with van der Waals surface area (Å²) in [5.74, 6) is -0.695. The second-order valence-corrected chi connectivity index (χ2v) is 5.67. The quantitative estimate of drug-likeness (QED) is 0.783. The van der Waals surface area contributed by atoms with E-state index in [1.807, 2.05) is 5.32 Å². The van der Waals surface area contributed by atoms with Crippen molar-refractivity contribution in [2.75, 3.05) is 7.05 Å². The predicted molar refractivity (Wildman–Crippen MR) is 74.0 cm³/mol. The predicted octanol–water partition coefficient (Wildman–Crippen LogP) is 3.27. The van der Waals surface area contributed by atoms with Gasteiger partial charge in [0, 0.05) is 12.0 Å². The fourth-order valence-corrected chi connectivity index (χ4v) is 2.50. The molecule has 2 rings (SSSR count). The normalized spacial score (nSPS) is 17.9. The van der Waals surface area contributed by atoms with E-state index >= 15 is 0 Å². The maximum Gasteiger partial charge on any atom is 0.416 e. The SMILES string of the molecule is CNC1(CC(=O)NC(c2ccccc2C(F)(F)F)C(F)F)CC1. The summed E-state index contributed by atoms with van der Waals surface area (Å²) in [5, 5.41) is 4.98. The highest BCUT2D eigenvalue weighted by Crippen LogP contribution is 2.39. The number of hydrogen-bond acceptors (Lipinski definition) is 2. The van der Waals surface area contributed by atoms with Crippen LogP contribution in [0.2, 0.25) is 0 Å². The van der Waals surface area contributed by atoms with Gasteiger partial charge in [0.1, 0.15) is 6.04 Å². The summed E-state index contributed by atoms with van der Waals surface area (Å²) in [5.41, 5.74) is -2.21. The first-order valence-electron chi connectivity index (χ1n) is 7.11. The summed E-state index contributed by atoms with van der Waals surface area (Å²) in [4.78, 5) is 11.9. The lowest BCUT2D eigenvalue weighted by molar-refractivity contribution is -0.139. The summed E-state index contributed by atoms with van der Waals surface area (Å²) < 4.78 is 65.4. The van der Waals surface area contributed by atoms with Gasteiger partial charge in [-0.25, -0.2) is 8.78 Å². The molecule has 1 aromatic rings. The number of benzene rings is 1. The van der Waals surface area contributed by atoms with Gasteiger partial charge in [0.25, 0.3) is 6.43 Å². The third-order valence-corrected chi connectivity index (χ3v) is 4.05. The molecule has 8 heteroatoms. The number of hydrogen-bond donors (Lipinski definition) is 2. The Balaban J connectivity index is 2.21. The van der Waals surface area contributed by atoms with Crippen molar-refractivity contribution in [2.45, 2.75) is 43.4 Å². The molecule has 1 amide bonds. The van der Waals surface area contributed by atoms with Gasteiger partial charge >= 0.3 is 6.18 Å². The number of amides is 1. The molecule has 23 heavy (non-hydrogen) atoms. The zero-order valence-corrected chi connectivity index (χ0v) is 12.4. The highest BCUT2D eigenvalue weighted by atomic mass is 19.4. The zero-order valence-electron chi connectivity index (χ0n) is 12.4. The van der Waals surface area contributed by atoms with Crippen molar-refractivity contribution in [1.82, 2.24) is 10.6 Å². The fourth-order valence-electron chi connectivity index (χ4n) is 2.50. The molecule has 0 spiro atoms. The van der Waals surface area contributed by atoms with Crippen LogP contribution < -0.4 is 10.6 Å². The number of halogens is 5. The lowest BCUT2D eigenvalue weighted by Gasteiger charge is -2.23. The molecular weight excluding hydrogens is 319 g/mol. The molecule has 1 saturated carbocycles. The van der Waals surface area contributed by atoms with E-state index in [0.29, 0.717) is 0 Å². The second kappa shape index (κ2) is 6.43. The molecule has 0 saturated heterocycles. The van der Waals surface area contributed by atoms with E-state index in [-0.39, 0.29) is 6.42 Å². The second-order valence-electron chi connectivity index (χ2n) is 5.67. The molecule has 0 radical (unpaired) electrons. The molecule has 0 bridgehead atoms. The van der Waals surface area contributed by atoms with Gasteiger partial charge in [0.05, 0.1) is 5.56 Å². The Labute approximate surface area is 130 Å². The Bertz CT molecular complexity index is 569. The lowest BCUT2D eigenvalue weighted by Crippen LogP contribution is -2.39. The monoisotopic (exact) mass is 336 g/mol. The standard InChI is InChI=1S/C15H17F5N2O/c1-21-14(6-7-14)8-11(23)22-12(13(16)17)9-4-2-3-5-10(9)15(18,19)20/h2-5,12-13,21H,6-8H2,1H3,(H,22,23). The minimum Gasteiger partial charge on any atom is -0.343 e. The Morgan fingerprint density at radius 2 is 1.87 bits per heavy atom. The summed E-state index contributed by atoms with van der Waals surface area (Å²) in [6.07, 6.45) is -6.49. The first-order chi connectivity index (χ1) is 10.7. The molecule has 1 unspecified atom stereocenters. The number of nitrogens with one attached hydrogen (secondary N) is 2. The maximum atomic E-state index is 13.2. The van der Waals surface area contributed by atoms with E-state index in [1.54, 1.807) is 7.05 Å². The minimum atomic E-state index is -4.77. The number of carbonyl (C=O) groups excluding carboxylic acids is 1. The molecule has 1 fully saturated rings. The van der Waals surface area contributed by atoms with Crippen LogP contribution in [-0.4, -0.2) is 24.9 Å². The van der Waals surface area contributed by atoms with Crippen molar-refractivity contribution in [2.24, 2.45) is 0 Å². The molecule has 2 N–H and O–H groups in total. The van der Waals surface area contributed by atoms with Crippen molar-refractivity contribution < 1.29 is 26.7 Å². The highest BCUT2D eigenvalue weighted by molar-refractivity contribution is 5.78. The molecule has 0 aliphatic heterocycles. The molecule has 1 aliphatic rings. The zero-order chi connectivity index (χ0) is 17.3. The van der Waals surface area contributed by atoms with Crippen molar-refractivity contribution in [3.8, 4) is 0 Å². The summed E-state index contributed by atoms with van der Waals surface area (Å²) in [6, 6.07) is 2.06.